The Hall–Kier alpha value is -2.21. The summed E-state index contributed by atoms with van der Waals surface area (Å²) in [5.41, 5.74) is 7.32. The minimum Gasteiger partial charge on any atom is -0.492 e. The van der Waals surface area contributed by atoms with Gasteiger partial charge in [0.1, 0.15) is 6.10 Å². The number of nitrogens with zero attached hydrogens (tertiary/aromatic N) is 1. The third kappa shape index (κ3) is 2.80. The average molecular weight is 289 g/mol. The molecule has 0 bridgehead atoms. The first-order valence-electron chi connectivity index (χ1n) is 7.04. The average Bonchev–Trinajstić information content (AvgIpc) is 2.94. The molecule has 1 aliphatic heterocycles. The number of rotatable bonds is 4. The summed E-state index contributed by atoms with van der Waals surface area (Å²) in [6.07, 6.45) is 3.89. The maximum Gasteiger partial charge on any atom is 0.230 e. The van der Waals surface area contributed by atoms with Gasteiger partial charge in [0.05, 0.1) is 18.9 Å². The maximum absolute atomic E-state index is 6.08. The Morgan fingerprint density at radius 3 is 2.95 bits per heavy atom. The van der Waals surface area contributed by atoms with E-state index in [4.69, 9.17) is 19.7 Å². The molecule has 2 heterocycles. The highest BCUT2D eigenvalue weighted by molar-refractivity contribution is 5.79. The fourth-order valence-corrected chi connectivity index (χ4v) is 2.58. The van der Waals surface area contributed by atoms with Crippen LogP contribution in [-0.4, -0.2) is 31.5 Å². The number of piperidine rings is 1. The van der Waals surface area contributed by atoms with E-state index in [1.54, 1.807) is 13.3 Å². The molecule has 1 saturated heterocycles. The Bertz CT molecular complexity index is 606. The number of hydrogen-bond acceptors (Lipinski definition) is 6. The lowest BCUT2D eigenvalue weighted by Gasteiger charge is -2.25. The van der Waals surface area contributed by atoms with Crippen LogP contribution in [0.5, 0.6) is 11.5 Å². The lowest BCUT2D eigenvalue weighted by Crippen LogP contribution is -2.37. The van der Waals surface area contributed by atoms with Crippen LogP contribution in [-0.2, 0) is 0 Å². The van der Waals surface area contributed by atoms with Gasteiger partial charge in [-0.25, -0.2) is 0 Å². The zero-order chi connectivity index (χ0) is 14.7. The van der Waals surface area contributed by atoms with E-state index in [1.165, 1.54) is 0 Å². The number of hydrogen-bond donors (Lipinski definition) is 2. The van der Waals surface area contributed by atoms with Crippen LogP contribution in [0.3, 0.4) is 0 Å². The topological polar surface area (TPSA) is 82.5 Å². The number of nitrogens with two attached hydrogens (primary N) is 1. The van der Waals surface area contributed by atoms with Crippen LogP contribution in [0.1, 0.15) is 12.8 Å². The van der Waals surface area contributed by atoms with E-state index in [1.807, 2.05) is 18.2 Å². The molecule has 112 valence electrons. The molecule has 3 rings (SSSR count). The zero-order valence-corrected chi connectivity index (χ0v) is 12.0. The molecule has 1 fully saturated rings. The van der Waals surface area contributed by atoms with Gasteiger partial charge in [0.15, 0.2) is 11.5 Å². The smallest absolute Gasteiger partial charge is 0.230 e. The fraction of sp³-hybridized carbons (Fsp3) is 0.400. The van der Waals surface area contributed by atoms with Crippen LogP contribution in [0.4, 0.5) is 5.88 Å². The predicted octanol–water partition coefficient (Wildman–Crippen LogP) is 2.06. The molecule has 3 N–H and O–H groups in total. The minimum atomic E-state index is 0.155. The molecule has 0 radical (unpaired) electrons. The quantitative estimate of drug-likeness (QED) is 0.896. The molecular formula is C15H19N3O3. The Labute approximate surface area is 123 Å². The molecule has 6 nitrogen and oxygen atoms in total. The van der Waals surface area contributed by atoms with Crippen molar-refractivity contribution in [1.82, 2.24) is 10.5 Å². The van der Waals surface area contributed by atoms with E-state index in [0.29, 0.717) is 17.1 Å². The normalized spacial score (nSPS) is 18.4. The van der Waals surface area contributed by atoms with E-state index in [2.05, 4.69) is 10.5 Å². The minimum absolute atomic E-state index is 0.155. The van der Waals surface area contributed by atoms with Gasteiger partial charge in [0.2, 0.25) is 5.88 Å². The number of anilines is 1. The van der Waals surface area contributed by atoms with Crippen molar-refractivity contribution >= 4 is 5.88 Å². The van der Waals surface area contributed by atoms with Gasteiger partial charge in [-0.15, -0.1) is 0 Å². The first-order chi connectivity index (χ1) is 10.3. The zero-order valence-electron chi connectivity index (χ0n) is 12.0. The maximum atomic E-state index is 6.08. The van der Waals surface area contributed by atoms with Crippen molar-refractivity contribution in [3.63, 3.8) is 0 Å². The third-order valence-electron chi connectivity index (χ3n) is 3.62. The number of para-hydroxylation sites is 1. The van der Waals surface area contributed by atoms with Crippen LogP contribution >= 0.6 is 0 Å². The molecular weight excluding hydrogens is 270 g/mol. The number of ether oxygens (including phenoxy) is 2. The van der Waals surface area contributed by atoms with Crippen molar-refractivity contribution in [2.24, 2.45) is 0 Å². The SMILES string of the molecule is COc1c(OC2CCCNC2)cccc1-c1cnoc1N. The monoisotopic (exact) mass is 289 g/mol. The molecule has 2 aromatic rings. The highest BCUT2D eigenvalue weighted by Gasteiger charge is 2.20. The summed E-state index contributed by atoms with van der Waals surface area (Å²) in [4.78, 5) is 0. The summed E-state index contributed by atoms with van der Waals surface area (Å²) in [6.45, 7) is 1.90. The molecule has 1 atom stereocenters. The molecule has 1 unspecified atom stereocenters. The number of aromatic nitrogens is 1. The molecule has 0 saturated carbocycles. The predicted molar refractivity (Wildman–Crippen MR) is 79.4 cm³/mol. The van der Waals surface area contributed by atoms with Gasteiger partial charge in [-0.05, 0) is 25.5 Å². The van der Waals surface area contributed by atoms with Gasteiger partial charge >= 0.3 is 0 Å². The Kier molecular flexibility index (Phi) is 3.96. The van der Waals surface area contributed by atoms with Crippen molar-refractivity contribution < 1.29 is 14.0 Å². The first kappa shape index (κ1) is 13.8. The van der Waals surface area contributed by atoms with Gasteiger partial charge in [-0.2, -0.15) is 0 Å². The second kappa shape index (κ2) is 6.05. The highest BCUT2D eigenvalue weighted by atomic mass is 16.5. The number of nitrogen functional groups attached to an aromatic ring is 1. The van der Waals surface area contributed by atoms with E-state index in [9.17, 15) is 0 Å². The molecule has 6 heteroatoms. The number of methoxy groups -OCH3 is 1. The largest absolute Gasteiger partial charge is 0.492 e. The van der Waals surface area contributed by atoms with Gasteiger partial charge in [-0.1, -0.05) is 17.3 Å². The summed E-state index contributed by atoms with van der Waals surface area (Å²) in [5, 5.41) is 7.05. The molecule has 1 aromatic heterocycles. The Morgan fingerprint density at radius 1 is 1.38 bits per heavy atom. The molecule has 0 spiro atoms. The third-order valence-corrected chi connectivity index (χ3v) is 3.62. The lowest BCUT2D eigenvalue weighted by molar-refractivity contribution is 0.161. The molecule has 21 heavy (non-hydrogen) atoms. The van der Waals surface area contributed by atoms with Gasteiger partial charge in [0.25, 0.3) is 0 Å². The van der Waals surface area contributed by atoms with E-state index in [0.717, 1.165) is 31.5 Å². The summed E-state index contributed by atoms with van der Waals surface area (Å²) >= 11 is 0. The molecule has 1 aliphatic rings. The van der Waals surface area contributed by atoms with Crippen LogP contribution in [0.25, 0.3) is 11.1 Å². The van der Waals surface area contributed by atoms with E-state index < -0.39 is 0 Å². The van der Waals surface area contributed by atoms with Crippen molar-refractivity contribution in [2.45, 2.75) is 18.9 Å². The number of nitrogens with one attached hydrogen (secondary N) is 1. The summed E-state index contributed by atoms with van der Waals surface area (Å²) < 4.78 is 16.5. The van der Waals surface area contributed by atoms with Crippen molar-refractivity contribution in [2.75, 3.05) is 25.9 Å². The van der Waals surface area contributed by atoms with E-state index >= 15 is 0 Å². The van der Waals surface area contributed by atoms with Crippen LogP contribution in [0.15, 0.2) is 28.9 Å². The van der Waals surface area contributed by atoms with Crippen molar-refractivity contribution in [3.05, 3.63) is 24.4 Å². The van der Waals surface area contributed by atoms with Crippen LogP contribution < -0.4 is 20.5 Å². The summed E-state index contributed by atoms with van der Waals surface area (Å²) in [7, 11) is 1.62. The van der Waals surface area contributed by atoms with Gasteiger partial charge in [-0.3, -0.25) is 0 Å². The summed E-state index contributed by atoms with van der Waals surface area (Å²) in [6, 6.07) is 5.73. The highest BCUT2D eigenvalue weighted by Crippen LogP contribution is 2.40. The second-order valence-corrected chi connectivity index (χ2v) is 5.03. The lowest BCUT2D eigenvalue weighted by atomic mass is 10.1. The standard InChI is InChI=1S/C15H19N3O3/c1-19-14-11(12-9-18-21-15(12)16)5-2-6-13(14)20-10-4-3-7-17-8-10/h2,5-6,9-10,17H,3-4,7-8,16H2,1H3. The van der Waals surface area contributed by atoms with Crippen LogP contribution in [0.2, 0.25) is 0 Å². The van der Waals surface area contributed by atoms with Crippen LogP contribution in [0, 0.1) is 0 Å². The Balaban J connectivity index is 1.92. The Morgan fingerprint density at radius 2 is 2.29 bits per heavy atom. The van der Waals surface area contributed by atoms with Gasteiger partial charge in [0, 0.05) is 12.1 Å². The van der Waals surface area contributed by atoms with Gasteiger partial charge < -0.3 is 25.0 Å². The number of benzene rings is 1. The fourth-order valence-electron chi connectivity index (χ4n) is 2.58. The second-order valence-electron chi connectivity index (χ2n) is 5.03. The first-order valence-corrected chi connectivity index (χ1v) is 7.04. The van der Waals surface area contributed by atoms with Crippen molar-refractivity contribution in [1.29, 1.82) is 0 Å². The molecule has 0 amide bonds. The molecule has 0 aliphatic carbocycles. The van der Waals surface area contributed by atoms with E-state index in [-0.39, 0.29) is 12.0 Å². The van der Waals surface area contributed by atoms with Crippen molar-refractivity contribution in [3.8, 4) is 22.6 Å². The molecule has 1 aromatic carbocycles. The summed E-state index contributed by atoms with van der Waals surface area (Å²) in [5.74, 6) is 1.63.